The van der Waals surface area contributed by atoms with Crippen LogP contribution in [-0.2, 0) is 13.1 Å². The fourth-order valence-corrected chi connectivity index (χ4v) is 2.89. The largest absolute Gasteiger partial charge is 0.367 e. The Labute approximate surface area is 136 Å². The highest BCUT2D eigenvalue weighted by molar-refractivity contribution is 9.10. The summed E-state index contributed by atoms with van der Waals surface area (Å²) in [5.74, 6) is 0. The van der Waals surface area contributed by atoms with Crippen molar-refractivity contribution in [2.24, 2.45) is 5.73 Å². The van der Waals surface area contributed by atoms with Crippen LogP contribution in [0.4, 0.5) is 5.69 Å². The summed E-state index contributed by atoms with van der Waals surface area (Å²) >= 11 is 3.67. The number of benzene rings is 2. The molecule has 0 bridgehead atoms. The molecule has 3 heteroatoms. The predicted molar refractivity (Wildman–Crippen MR) is 94.4 cm³/mol. The number of unbranched alkanes of at least 4 members (excludes halogenated alkanes) is 1. The molecule has 0 unspecified atom stereocenters. The zero-order valence-electron chi connectivity index (χ0n) is 12.6. The third-order valence-electron chi connectivity index (χ3n) is 3.62. The van der Waals surface area contributed by atoms with E-state index in [2.05, 4.69) is 76.3 Å². The highest BCUT2D eigenvalue weighted by atomic mass is 79.9. The zero-order chi connectivity index (χ0) is 15.1. The maximum absolute atomic E-state index is 5.70. The van der Waals surface area contributed by atoms with Crippen molar-refractivity contribution in [1.82, 2.24) is 0 Å². The molecule has 0 atom stereocenters. The first-order valence-corrected chi connectivity index (χ1v) is 8.31. The number of hydrogen-bond donors (Lipinski definition) is 1. The van der Waals surface area contributed by atoms with Gasteiger partial charge in [-0.1, -0.05) is 59.6 Å². The van der Waals surface area contributed by atoms with Crippen LogP contribution in [0.25, 0.3) is 0 Å². The van der Waals surface area contributed by atoms with Crippen LogP contribution in [-0.4, -0.2) is 6.54 Å². The number of halogens is 1. The van der Waals surface area contributed by atoms with Crippen LogP contribution in [0.5, 0.6) is 0 Å². The SMILES string of the molecule is CCCCN(Cc1ccc(CN)cc1Br)c1ccccc1. The Kier molecular flexibility index (Phi) is 6.27. The van der Waals surface area contributed by atoms with Crippen LogP contribution in [0.2, 0.25) is 0 Å². The van der Waals surface area contributed by atoms with Crippen LogP contribution in [0.1, 0.15) is 30.9 Å². The lowest BCUT2D eigenvalue weighted by molar-refractivity contribution is 0.715. The van der Waals surface area contributed by atoms with Crippen molar-refractivity contribution in [3.05, 3.63) is 64.1 Å². The first-order valence-electron chi connectivity index (χ1n) is 7.52. The van der Waals surface area contributed by atoms with E-state index < -0.39 is 0 Å². The minimum Gasteiger partial charge on any atom is -0.367 e. The van der Waals surface area contributed by atoms with E-state index in [4.69, 9.17) is 5.73 Å². The van der Waals surface area contributed by atoms with Gasteiger partial charge in [0, 0.05) is 29.8 Å². The summed E-state index contributed by atoms with van der Waals surface area (Å²) in [5.41, 5.74) is 9.43. The van der Waals surface area contributed by atoms with Gasteiger partial charge in [-0.3, -0.25) is 0 Å². The summed E-state index contributed by atoms with van der Waals surface area (Å²) in [7, 11) is 0. The van der Waals surface area contributed by atoms with Crippen molar-refractivity contribution in [2.45, 2.75) is 32.9 Å². The fraction of sp³-hybridized carbons (Fsp3) is 0.333. The molecule has 0 radical (unpaired) electrons. The minimum absolute atomic E-state index is 0.580. The standard InChI is InChI=1S/C18H23BrN2/c1-2-3-11-21(17-7-5-4-6-8-17)14-16-10-9-15(13-20)12-18(16)19/h4-10,12H,2-3,11,13-14,20H2,1H3. The van der Waals surface area contributed by atoms with Gasteiger partial charge in [0.2, 0.25) is 0 Å². The first-order chi connectivity index (χ1) is 10.2. The Morgan fingerprint density at radius 2 is 1.86 bits per heavy atom. The molecule has 0 fully saturated rings. The lowest BCUT2D eigenvalue weighted by Crippen LogP contribution is -2.24. The fourth-order valence-electron chi connectivity index (χ4n) is 2.34. The second kappa shape index (κ2) is 8.20. The van der Waals surface area contributed by atoms with Gasteiger partial charge in [0.15, 0.2) is 0 Å². The van der Waals surface area contributed by atoms with E-state index in [1.54, 1.807) is 0 Å². The number of rotatable bonds is 7. The van der Waals surface area contributed by atoms with Gasteiger partial charge in [-0.05, 0) is 35.7 Å². The van der Waals surface area contributed by atoms with Crippen molar-refractivity contribution in [3.63, 3.8) is 0 Å². The van der Waals surface area contributed by atoms with E-state index in [9.17, 15) is 0 Å². The zero-order valence-corrected chi connectivity index (χ0v) is 14.1. The molecule has 0 aliphatic rings. The molecule has 2 aromatic carbocycles. The lowest BCUT2D eigenvalue weighted by Gasteiger charge is -2.25. The van der Waals surface area contributed by atoms with Gasteiger partial charge >= 0.3 is 0 Å². The minimum atomic E-state index is 0.580. The average molecular weight is 347 g/mol. The van der Waals surface area contributed by atoms with E-state index >= 15 is 0 Å². The van der Waals surface area contributed by atoms with Gasteiger partial charge in [0.25, 0.3) is 0 Å². The molecule has 2 rings (SSSR count). The molecule has 0 aliphatic heterocycles. The Balaban J connectivity index is 2.18. The Morgan fingerprint density at radius 3 is 2.48 bits per heavy atom. The van der Waals surface area contributed by atoms with E-state index in [-0.39, 0.29) is 0 Å². The lowest BCUT2D eigenvalue weighted by atomic mass is 10.1. The first kappa shape index (κ1) is 16.1. The summed E-state index contributed by atoms with van der Waals surface area (Å²) in [4.78, 5) is 2.44. The number of anilines is 1. The van der Waals surface area contributed by atoms with Gasteiger partial charge in [-0.15, -0.1) is 0 Å². The molecule has 0 aromatic heterocycles. The molecule has 21 heavy (non-hydrogen) atoms. The molecule has 2 N–H and O–H groups in total. The van der Waals surface area contributed by atoms with Crippen LogP contribution in [0.3, 0.4) is 0 Å². The monoisotopic (exact) mass is 346 g/mol. The maximum atomic E-state index is 5.70. The summed E-state index contributed by atoms with van der Waals surface area (Å²) < 4.78 is 1.14. The van der Waals surface area contributed by atoms with E-state index in [0.29, 0.717) is 6.54 Å². The van der Waals surface area contributed by atoms with Gasteiger partial charge in [-0.25, -0.2) is 0 Å². The van der Waals surface area contributed by atoms with E-state index in [0.717, 1.165) is 23.1 Å². The predicted octanol–water partition coefficient (Wildman–Crippen LogP) is 4.71. The Morgan fingerprint density at radius 1 is 1.10 bits per heavy atom. The number of nitrogens with zero attached hydrogens (tertiary/aromatic N) is 1. The van der Waals surface area contributed by atoms with Gasteiger partial charge in [-0.2, -0.15) is 0 Å². The highest BCUT2D eigenvalue weighted by Gasteiger charge is 2.09. The molecule has 0 heterocycles. The third-order valence-corrected chi connectivity index (χ3v) is 4.36. The summed E-state index contributed by atoms with van der Waals surface area (Å²) in [6.07, 6.45) is 2.41. The molecule has 112 valence electrons. The van der Waals surface area contributed by atoms with Crippen molar-refractivity contribution in [2.75, 3.05) is 11.4 Å². The van der Waals surface area contributed by atoms with Crippen LogP contribution in [0, 0.1) is 0 Å². The van der Waals surface area contributed by atoms with Gasteiger partial charge in [0.1, 0.15) is 0 Å². The van der Waals surface area contributed by atoms with Crippen LogP contribution in [0.15, 0.2) is 53.0 Å². The quantitative estimate of drug-likeness (QED) is 0.786. The number of nitrogens with two attached hydrogens (primary N) is 1. The van der Waals surface area contributed by atoms with Crippen LogP contribution >= 0.6 is 15.9 Å². The molecule has 0 amide bonds. The smallest absolute Gasteiger partial charge is 0.0440 e. The highest BCUT2D eigenvalue weighted by Crippen LogP contribution is 2.23. The van der Waals surface area contributed by atoms with Crippen LogP contribution < -0.4 is 10.6 Å². The third kappa shape index (κ3) is 4.58. The Bertz CT molecular complexity index is 554. The topological polar surface area (TPSA) is 29.3 Å². The molecule has 2 nitrogen and oxygen atoms in total. The van der Waals surface area contributed by atoms with Crippen molar-refractivity contribution < 1.29 is 0 Å². The average Bonchev–Trinajstić information content (AvgIpc) is 2.53. The van der Waals surface area contributed by atoms with Crippen molar-refractivity contribution in [1.29, 1.82) is 0 Å². The maximum Gasteiger partial charge on any atom is 0.0440 e. The molecular formula is C18H23BrN2. The molecule has 0 saturated heterocycles. The normalized spacial score (nSPS) is 10.6. The second-order valence-electron chi connectivity index (χ2n) is 5.24. The van der Waals surface area contributed by atoms with E-state index in [1.165, 1.54) is 24.1 Å². The Hall–Kier alpha value is -1.32. The van der Waals surface area contributed by atoms with Crippen molar-refractivity contribution >= 4 is 21.6 Å². The van der Waals surface area contributed by atoms with Gasteiger partial charge < -0.3 is 10.6 Å². The molecule has 2 aromatic rings. The summed E-state index contributed by atoms with van der Waals surface area (Å²) in [6, 6.07) is 17.0. The molecule has 0 spiro atoms. The van der Waals surface area contributed by atoms with Crippen molar-refractivity contribution in [3.8, 4) is 0 Å². The van der Waals surface area contributed by atoms with E-state index in [1.807, 2.05) is 0 Å². The van der Waals surface area contributed by atoms with Gasteiger partial charge in [0.05, 0.1) is 0 Å². The summed E-state index contributed by atoms with van der Waals surface area (Å²) in [6.45, 7) is 4.80. The summed E-state index contributed by atoms with van der Waals surface area (Å²) in [5, 5.41) is 0. The molecule has 0 aliphatic carbocycles. The molecule has 0 saturated carbocycles. The molecular weight excluding hydrogens is 324 g/mol. The second-order valence-corrected chi connectivity index (χ2v) is 6.09. The number of hydrogen-bond acceptors (Lipinski definition) is 2. The number of para-hydroxylation sites is 1.